The molecule has 1 saturated carbocycles. The Morgan fingerprint density at radius 3 is 3.08 bits per heavy atom. The van der Waals surface area contributed by atoms with Gasteiger partial charge in [-0.25, -0.2) is 0 Å². The average molecular weight is 174 g/mol. The van der Waals surface area contributed by atoms with Crippen LogP contribution in [0.3, 0.4) is 0 Å². The number of fused-ring (bicyclic) bond motifs is 2. The van der Waals surface area contributed by atoms with E-state index in [9.17, 15) is 4.79 Å². The Labute approximate surface area is 78.5 Å². The largest absolute Gasteiger partial charge is 0.294 e. The van der Waals surface area contributed by atoms with E-state index in [0.717, 1.165) is 18.8 Å². The Bertz CT molecular complexity index is 333. The first-order valence-corrected chi connectivity index (χ1v) is 5.30. The Morgan fingerprint density at radius 2 is 2.15 bits per heavy atom. The van der Waals surface area contributed by atoms with Crippen molar-refractivity contribution < 1.29 is 4.79 Å². The van der Waals surface area contributed by atoms with E-state index >= 15 is 0 Å². The van der Waals surface area contributed by atoms with E-state index < -0.39 is 0 Å². The van der Waals surface area contributed by atoms with Crippen LogP contribution in [0.1, 0.15) is 38.5 Å². The maximum absolute atomic E-state index is 11.3. The highest BCUT2D eigenvalue weighted by Crippen LogP contribution is 2.46. The monoisotopic (exact) mass is 174 g/mol. The van der Waals surface area contributed by atoms with Crippen LogP contribution < -0.4 is 0 Å². The highest BCUT2D eigenvalue weighted by atomic mass is 16.1. The summed E-state index contributed by atoms with van der Waals surface area (Å²) in [5, 5.41) is 0. The summed E-state index contributed by atoms with van der Waals surface area (Å²) >= 11 is 0. The summed E-state index contributed by atoms with van der Waals surface area (Å²) in [6.07, 6.45) is 9.07. The van der Waals surface area contributed by atoms with Crippen LogP contribution in [0, 0.1) is 5.92 Å². The molecule has 0 aromatic heterocycles. The second-order valence-corrected chi connectivity index (χ2v) is 4.44. The molecule has 1 fully saturated rings. The number of carbonyl (C=O) groups excluding carboxylic acids is 1. The first-order valence-electron chi connectivity index (χ1n) is 5.30. The Balaban J connectivity index is 2.09. The summed E-state index contributed by atoms with van der Waals surface area (Å²) in [5.41, 5.74) is 4.46. The molecule has 3 rings (SSSR count). The molecule has 0 amide bonds. The van der Waals surface area contributed by atoms with Gasteiger partial charge >= 0.3 is 0 Å². The maximum Gasteiger partial charge on any atom is 0.160 e. The molecule has 3 aliphatic rings. The normalized spacial score (nSPS) is 31.8. The van der Waals surface area contributed by atoms with Crippen molar-refractivity contribution >= 4 is 5.78 Å². The Hall–Kier alpha value is -0.850. The van der Waals surface area contributed by atoms with Crippen molar-refractivity contribution in [3.8, 4) is 0 Å². The predicted octanol–water partition coefficient (Wildman–Crippen LogP) is 2.78. The second kappa shape index (κ2) is 2.57. The molecule has 1 heteroatoms. The molecule has 1 unspecified atom stereocenters. The predicted molar refractivity (Wildman–Crippen MR) is 51.3 cm³/mol. The molecule has 0 radical (unpaired) electrons. The van der Waals surface area contributed by atoms with Gasteiger partial charge in [-0.3, -0.25) is 4.79 Å². The van der Waals surface area contributed by atoms with E-state index in [2.05, 4.69) is 0 Å². The first kappa shape index (κ1) is 7.54. The third kappa shape index (κ3) is 1.03. The van der Waals surface area contributed by atoms with Crippen molar-refractivity contribution in [1.82, 2.24) is 0 Å². The third-order valence-corrected chi connectivity index (χ3v) is 3.72. The summed E-state index contributed by atoms with van der Waals surface area (Å²) in [7, 11) is 0. The topological polar surface area (TPSA) is 17.1 Å². The van der Waals surface area contributed by atoms with Gasteiger partial charge < -0.3 is 0 Å². The standard InChI is InChI=1S/C12H14O/c13-10-6-9-5-4-8-2-1-3-11(8)12(9)7-10/h6,8H,1-5,7H2. The van der Waals surface area contributed by atoms with Gasteiger partial charge in [0.1, 0.15) is 0 Å². The van der Waals surface area contributed by atoms with Gasteiger partial charge in [-0.05, 0) is 55.2 Å². The van der Waals surface area contributed by atoms with Crippen LogP contribution >= 0.6 is 0 Å². The zero-order valence-electron chi connectivity index (χ0n) is 7.81. The summed E-state index contributed by atoms with van der Waals surface area (Å²) in [6, 6.07) is 0. The third-order valence-electron chi connectivity index (χ3n) is 3.72. The van der Waals surface area contributed by atoms with E-state index in [4.69, 9.17) is 0 Å². The molecule has 1 nitrogen and oxygen atoms in total. The van der Waals surface area contributed by atoms with Gasteiger partial charge in [0.25, 0.3) is 0 Å². The molecular weight excluding hydrogens is 160 g/mol. The number of allylic oxidation sites excluding steroid dienone is 4. The fraction of sp³-hybridized carbons (Fsp3) is 0.583. The number of rotatable bonds is 0. The minimum atomic E-state index is 0.338. The number of ketones is 1. The fourth-order valence-corrected chi connectivity index (χ4v) is 3.13. The lowest BCUT2D eigenvalue weighted by atomic mass is 9.83. The van der Waals surface area contributed by atoms with Gasteiger partial charge in [0.05, 0.1) is 0 Å². The number of hydrogen-bond donors (Lipinski definition) is 0. The Morgan fingerprint density at radius 1 is 1.23 bits per heavy atom. The van der Waals surface area contributed by atoms with Crippen LogP contribution in [0.25, 0.3) is 0 Å². The van der Waals surface area contributed by atoms with Gasteiger partial charge in [0.15, 0.2) is 5.78 Å². The van der Waals surface area contributed by atoms with Crippen LogP contribution in [0.15, 0.2) is 22.8 Å². The van der Waals surface area contributed by atoms with Gasteiger partial charge in [0.2, 0.25) is 0 Å². The number of carbonyl (C=O) groups is 1. The van der Waals surface area contributed by atoms with Gasteiger partial charge in [-0.2, -0.15) is 0 Å². The molecule has 0 aromatic carbocycles. The molecule has 0 spiro atoms. The smallest absolute Gasteiger partial charge is 0.160 e. The lowest BCUT2D eigenvalue weighted by Crippen LogP contribution is -2.07. The molecule has 68 valence electrons. The van der Waals surface area contributed by atoms with E-state index in [1.54, 1.807) is 5.57 Å². The van der Waals surface area contributed by atoms with Crippen molar-refractivity contribution in [2.45, 2.75) is 38.5 Å². The molecule has 1 atom stereocenters. The van der Waals surface area contributed by atoms with Crippen LogP contribution in [0.2, 0.25) is 0 Å². The highest BCUT2D eigenvalue weighted by Gasteiger charge is 2.32. The molecule has 3 aliphatic carbocycles. The fourth-order valence-electron chi connectivity index (χ4n) is 3.13. The first-order chi connectivity index (χ1) is 6.34. The molecule has 0 heterocycles. The zero-order valence-corrected chi connectivity index (χ0v) is 7.81. The molecule has 0 N–H and O–H groups in total. The quantitative estimate of drug-likeness (QED) is 0.552. The van der Waals surface area contributed by atoms with E-state index in [1.165, 1.54) is 36.8 Å². The molecule has 0 saturated heterocycles. The SMILES string of the molecule is O=C1C=C2CCC3CCCC3=C2C1. The van der Waals surface area contributed by atoms with Crippen LogP contribution in [0.4, 0.5) is 0 Å². The van der Waals surface area contributed by atoms with Crippen LogP contribution in [0.5, 0.6) is 0 Å². The molecule has 0 aliphatic heterocycles. The molecule has 0 aromatic rings. The zero-order chi connectivity index (χ0) is 8.84. The number of hydrogen-bond acceptors (Lipinski definition) is 1. The van der Waals surface area contributed by atoms with Crippen molar-refractivity contribution in [3.63, 3.8) is 0 Å². The van der Waals surface area contributed by atoms with Crippen molar-refractivity contribution in [1.29, 1.82) is 0 Å². The lowest BCUT2D eigenvalue weighted by Gasteiger charge is -2.22. The maximum atomic E-state index is 11.3. The Kier molecular flexibility index (Phi) is 1.49. The van der Waals surface area contributed by atoms with Gasteiger partial charge in [0, 0.05) is 6.42 Å². The van der Waals surface area contributed by atoms with E-state index in [1.807, 2.05) is 6.08 Å². The van der Waals surface area contributed by atoms with E-state index in [0.29, 0.717) is 5.78 Å². The minimum absolute atomic E-state index is 0.338. The van der Waals surface area contributed by atoms with Gasteiger partial charge in [-0.1, -0.05) is 5.57 Å². The summed E-state index contributed by atoms with van der Waals surface area (Å²) in [5.74, 6) is 1.18. The summed E-state index contributed by atoms with van der Waals surface area (Å²) in [6.45, 7) is 0. The molecular formula is C12H14O. The van der Waals surface area contributed by atoms with E-state index in [-0.39, 0.29) is 0 Å². The lowest BCUT2D eigenvalue weighted by molar-refractivity contribution is -0.113. The summed E-state index contributed by atoms with van der Waals surface area (Å²) in [4.78, 5) is 11.3. The highest BCUT2D eigenvalue weighted by molar-refractivity contribution is 5.97. The average Bonchev–Trinajstić information content (AvgIpc) is 2.65. The van der Waals surface area contributed by atoms with Gasteiger partial charge in [-0.15, -0.1) is 0 Å². The van der Waals surface area contributed by atoms with Crippen molar-refractivity contribution in [2.75, 3.05) is 0 Å². The second-order valence-electron chi connectivity index (χ2n) is 4.44. The van der Waals surface area contributed by atoms with Crippen LogP contribution in [-0.2, 0) is 4.79 Å². The van der Waals surface area contributed by atoms with Crippen molar-refractivity contribution in [3.05, 3.63) is 22.8 Å². The molecule has 13 heavy (non-hydrogen) atoms. The van der Waals surface area contributed by atoms with Crippen LogP contribution in [-0.4, -0.2) is 5.78 Å². The summed E-state index contributed by atoms with van der Waals surface area (Å²) < 4.78 is 0. The van der Waals surface area contributed by atoms with Crippen molar-refractivity contribution in [2.24, 2.45) is 5.92 Å². The molecule has 0 bridgehead atoms. The minimum Gasteiger partial charge on any atom is -0.294 e.